The van der Waals surface area contributed by atoms with Crippen LogP contribution in [0, 0.1) is 29.6 Å². The maximum Gasteiger partial charge on any atom is -0.0196 e. The molecule has 78 valence electrons. The Bertz CT molecular complexity index is 240. The summed E-state index contributed by atoms with van der Waals surface area (Å²) in [5.74, 6) is 5.12. The van der Waals surface area contributed by atoms with Gasteiger partial charge in [0.15, 0.2) is 0 Å². The van der Waals surface area contributed by atoms with Gasteiger partial charge in [-0.05, 0) is 48.9 Å². The lowest BCUT2D eigenvalue weighted by molar-refractivity contribution is 0.222. The van der Waals surface area contributed by atoms with E-state index in [4.69, 9.17) is 0 Å². The summed E-state index contributed by atoms with van der Waals surface area (Å²) in [5.41, 5.74) is 0. The Labute approximate surface area is 87.8 Å². The van der Waals surface area contributed by atoms with Crippen molar-refractivity contribution in [2.75, 3.05) is 0 Å². The molecule has 2 saturated carbocycles. The van der Waals surface area contributed by atoms with E-state index in [0.29, 0.717) is 0 Å². The monoisotopic (exact) mass is 190 g/mol. The lowest BCUT2D eigenvalue weighted by Crippen LogP contribution is -2.22. The number of rotatable bonds is 0. The Hall–Kier alpha value is -0.260. The summed E-state index contributed by atoms with van der Waals surface area (Å²) >= 11 is 0. The maximum absolute atomic E-state index is 2.53. The fourth-order valence-corrected chi connectivity index (χ4v) is 4.21. The number of hydrogen-bond acceptors (Lipinski definition) is 0. The minimum atomic E-state index is 0.982. The molecule has 0 aromatic rings. The summed E-state index contributed by atoms with van der Waals surface area (Å²) < 4.78 is 0. The van der Waals surface area contributed by atoms with Gasteiger partial charge in [0, 0.05) is 0 Å². The van der Waals surface area contributed by atoms with Gasteiger partial charge in [0.2, 0.25) is 0 Å². The summed E-state index contributed by atoms with van der Waals surface area (Å²) in [6.07, 6.45) is 14.1. The molecule has 0 heteroatoms. The molecule has 0 N–H and O–H groups in total. The standard InChI is InChI=1S/C14H22/c1-10-3-2-4-13-11-6-7-12(9-11)14(13)8-5-10/h6-7,10-14H,2-5,8-9H2,1H3. The minimum absolute atomic E-state index is 0.982. The first kappa shape index (κ1) is 9.00. The van der Waals surface area contributed by atoms with E-state index in [-0.39, 0.29) is 0 Å². The van der Waals surface area contributed by atoms with E-state index in [2.05, 4.69) is 19.1 Å². The predicted molar refractivity (Wildman–Crippen MR) is 60.0 cm³/mol. The zero-order valence-electron chi connectivity index (χ0n) is 9.28. The summed E-state index contributed by atoms with van der Waals surface area (Å²) in [4.78, 5) is 0. The summed E-state index contributed by atoms with van der Waals surface area (Å²) in [6, 6.07) is 0. The Morgan fingerprint density at radius 1 is 0.857 bits per heavy atom. The van der Waals surface area contributed by atoms with Crippen LogP contribution in [0.15, 0.2) is 12.2 Å². The predicted octanol–water partition coefficient (Wildman–Crippen LogP) is 4.02. The van der Waals surface area contributed by atoms with E-state index in [0.717, 1.165) is 29.6 Å². The van der Waals surface area contributed by atoms with Crippen LogP contribution in [0.5, 0.6) is 0 Å². The van der Waals surface area contributed by atoms with E-state index in [9.17, 15) is 0 Å². The average molecular weight is 190 g/mol. The molecule has 0 aliphatic heterocycles. The van der Waals surface area contributed by atoms with Gasteiger partial charge < -0.3 is 0 Å². The molecule has 5 unspecified atom stereocenters. The number of hydrogen-bond donors (Lipinski definition) is 0. The molecule has 0 heterocycles. The van der Waals surface area contributed by atoms with Crippen molar-refractivity contribution >= 4 is 0 Å². The number of fused-ring (bicyclic) bond motifs is 5. The molecule has 3 aliphatic rings. The highest BCUT2D eigenvalue weighted by atomic mass is 14.5. The van der Waals surface area contributed by atoms with Crippen molar-refractivity contribution < 1.29 is 0 Å². The summed E-state index contributed by atoms with van der Waals surface area (Å²) in [5, 5.41) is 0. The van der Waals surface area contributed by atoms with Gasteiger partial charge >= 0.3 is 0 Å². The molecule has 0 saturated heterocycles. The second-order valence-electron chi connectivity index (χ2n) is 5.89. The molecule has 2 bridgehead atoms. The van der Waals surface area contributed by atoms with Crippen LogP contribution < -0.4 is 0 Å². The topological polar surface area (TPSA) is 0 Å². The van der Waals surface area contributed by atoms with Crippen molar-refractivity contribution in [2.24, 2.45) is 29.6 Å². The highest BCUT2D eigenvalue weighted by molar-refractivity contribution is 5.13. The van der Waals surface area contributed by atoms with Crippen LogP contribution in [0.3, 0.4) is 0 Å². The van der Waals surface area contributed by atoms with Crippen LogP contribution in [-0.4, -0.2) is 0 Å². The van der Waals surface area contributed by atoms with Crippen LogP contribution in [0.4, 0.5) is 0 Å². The van der Waals surface area contributed by atoms with Crippen molar-refractivity contribution in [3.8, 4) is 0 Å². The first-order valence-corrected chi connectivity index (χ1v) is 6.53. The van der Waals surface area contributed by atoms with Crippen LogP contribution in [0.25, 0.3) is 0 Å². The molecule has 0 aromatic heterocycles. The molecule has 3 rings (SSSR count). The summed E-state index contributed by atoms with van der Waals surface area (Å²) in [7, 11) is 0. The molecule has 0 radical (unpaired) electrons. The second kappa shape index (κ2) is 3.40. The number of allylic oxidation sites excluding steroid dienone is 2. The Morgan fingerprint density at radius 3 is 2.36 bits per heavy atom. The Kier molecular flexibility index (Phi) is 2.18. The minimum Gasteiger partial charge on any atom is -0.0848 e. The fraction of sp³-hybridized carbons (Fsp3) is 0.857. The first-order chi connectivity index (χ1) is 6.84. The van der Waals surface area contributed by atoms with Gasteiger partial charge in [0.1, 0.15) is 0 Å². The van der Waals surface area contributed by atoms with Gasteiger partial charge in [-0.15, -0.1) is 0 Å². The second-order valence-corrected chi connectivity index (χ2v) is 5.89. The van der Waals surface area contributed by atoms with Gasteiger partial charge in [-0.3, -0.25) is 0 Å². The zero-order valence-corrected chi connectivity index (χ0v) is 9.28. The van der Waals surface area contributed by atoms with Crippen LogP contribution in [0.2, 0.25) is 0 Å². The van der Waals surface area contributed by atoms with E-state index < -0.39 is 0 Å². The molecule has 2 fully saturated rings. The highest BCUT2D eigenvalue weighted by Crippen LogP contribution is 2.52. The molecule has 3 aliphatic carbocycles. The molecular formula is C14H22. The highest BCUT2D eigenvalue weighted by Gasteiger charge is 2.43. The van der Waals surface area contributed by atoms with E-state index in [1.54, 1.807) is 0 Å². The van der Waals surface area contributed by atoms with Crippen molar-refractivity contribution in [2.45, 2.75) is 45.4 Å². The van der Waals surface area contributed by atoms with E-state index in [1.165, 1.54) is 38.5 Å². The fourth-order valence-electron chi connectivity index (χ4n) is 4.21. The van der Waals surface area contributed by atoms with Crippen LogP contribution >= 0.6 is 0 Å². The molecular weight excluding hydrogens is 168 g/mol. The largest absolute Gasteiger partial charge is 0.0848 e. The first-order valence-electron chi connectivity index (χ1n) is 6.53. The van der Waals surface area contributed by atoms with Crippen molar-refractivity contribution in [1.82, 2.24) is 0 Å². The third-order valence-electron chi connectivity index (χ3n) is 5.03. The van der Waals surface area contributed by atoms with E-state index in [1.807, 2.05) is 0 Å². The molecule has 14 heavy (non-hydrogen) atoms. The van der Waals surface area contributed by atoms with Gasteiger partial charge in [0.05, 0.1) is 0 Å². The average Bonchev–Trinajstić information content (AvgIpc) is 2.71. The zero-order chi connectivity index (χ0) is 9.54. The molecule has 0 aromatic carbocycles. The third-order valence-corrected chi connectivity index (χ3v) is 5.03. The third kappa shape index (κ3) is 1.34. The summed E-state index contributed by atoms with van der Waals surface area (Å²) in [6.45, 7) is 2.45. The van der Waals surface area contributed by atoms with Crippen molar-refractivity contribution in [1.29, 1.82) is 0 Å². The van der Waals surface area contributed by atoms with E-state index >= 15 is 0 Å². The van der Waals surface area contributed by atoms with Gasteiger partial charge in [-0.1, -0.05) is 38.3 Å². The van der Waals surface area contributed by atoms with Gasteiger partial charge in [-0.25, -0.2) is 0 Å². The Balaban J connectivity index is 1.76. The Morgan fingerprint density at radius 2 is 1.57 bits per heavy atom. The molecule has 5 atom stereocenters. The normalized spacial score (nSPS) is 51.4. The molecule has 0 nitrogen and oxygen atoms in total. The maximum atomic E-state index is 2.53. The lowest BCUT2D eigenvalue weighted by atomic mass is 9.74. The van der Waals surface area contributed by atoms with Gasteiger partial charge in [0.25, 0.3) is 0 Å². The lowest BCUT2D eigenvalue weighted by Gasteiger charge is -2.31. The van der Waals surface area contributed by atoms with Crippen molar-refractivity contribution in [3.63, 3.8) is 0 Å². The van der Waals surface area contributed by atoms with Crippen LogP contribution in [0.1, 0.15) is 45.4 Å². The molecule has 0 amide bonds. The smallest absolute Gasteiger partial charge is 0.0196 e. The van der Waals surface area contributed by atoms with Crippen molar-refractivity contribution in [3.05, 3.63) is 12.2 Å². The SMILES string of the molecule is CC1CCCC2C3C=CC(C3)C2CC1. The van der Waals surface area contributed by atoms with Gasteiger partial charge in [-0.2, -0.15) is 0 Å². The quantitative estimate of drug-likeness (QED) is 0.506. The molecule has 0 spiro atoms. The van der Waals surface area contributed by atoms with Crippen LogP contribution in [-0.2, 0) is 0 Å².